The third kappa shape index (κ3) is 4.65. The number of methoxy groups -OCH3 is 2. The molecule has 0 spiro atoms. The van der Waals surface area contributed by atoms with Crippen LogP contribution in [0, 0.1) is 0 Å². The summed E-state index contributed by atoms with van der Waals surface area (Å²) in [7, 11) is 5.06. The zero-order chi connectivity index (χ0) is 16.7. The number of hydrogen-bond donors (Lipinski definition) is 1. The van der Waals surface area contributed by atoms with E-state index in [1.54, 1.807) is 19.4 Å². The van der Waals surface area contributed by atoms with Crippen molar-refractivity contribution in [2.24, 2.45) is 0 Å². The molecular formula is C16H20N4O3. The van der Waals surface area contributed by atoms with Crippen LogP contribution in [0.25, 0.3) is 12.2 Å². The molecule has 0 saturated carbocycles. The van der Waals surface area contributed by atoms with Gasteiger partial charge in [-0.1, -0.05) is 0 Å². The quantitative estimate of drug-likeness (QED) is 0.832. The Morgan fingerprint density at radius 1 is 1.22 bits per heavy atom. The van der Waals surface area contributed by atoms with E-state index in [-0.39, 0.29) is 11.3 Å². The van der Waals surface area contributed by atoms with Crippen LogP contribution in [0.4, 0.5) is 5.82 Å². The largest absolute Gasteiger partial charge is 0.490 e. The Kier molecular flexibility index (Phi) is 5.87. The average Bonchev–Trinajstić information content (AvgIpc) is 2.58. The fourth-order valence-electron chi connectivity index (χ4n) is 1.87. The van der Waals surface area contributed by atoms with E-state index in [4.69, 9.17) is 9.47 Å². The number of anilines is 1. The lowest BCUT2D eigenvalue weighted by atomic mass is 10.2. The number of hydrogen-bond acceptors (Lipinski definition) is 6. The molecule has 2 aromatic rings. The predicted molar refractivity (Wildman–Crippen MR) is 89.7 cm³/mol. The number of pyridine rings is 1. The Labute approximate surface area is 134 Å². The van der Waals surface area contributed by atoms with Crippen LogP contribution in [0.3, 0.4) is 0 Å². The van der Waals surface area contributed by atoms with Crippen molar-refractivity contribution in [3.8, 4) is 5.75 Å². The van der Waals surface area contributed by atoms with Crippen molar-refractivity contribution in [3.05, 3.63) is 46.3 Å². The minimum Gasteiger partial charge on any atom is -0.490 e. The van der Waals surface area contributed by atoms with Gasteiger partial charge in [0.1, 0.15) is 11.6 Å². The van der Waals surface area contributed by atoms with Gasteiger partial charge >= 0.3 is 0 Å². The molecule has 2 rings (SSSR count). The van der Waals surface area contributed by atoms with Gasteiger partial charge in [0, 0.05) is 26.9 Å². The van der Waals surface area contributed by atoms with Crippen LogP contribution in [0.1, 0.15) is 11.4 Å². The lowest BCUT2D eigenvalue weighted by Gasteiger charge is -2.17. The van der Waals surface area contributed by atoms with Gasteiger partial charge in [-0.25, -0.2) is 9.97 Å². The van der Waals surface area contributed by atoms with Crippen LogP contribution in [0.15, 0.2) is 29.3 Å². The maximum atomic E-state index is 11.6. The molecule has 23 heavy (non-hydrogen) atoms. The highest BCUT2D eigenvalue weighted by atomic mass is 16.5. The van der Waals surface area contributed by atoms with Crippen LogP contribution in [-0.4, -0.2) is 49.4 Å². The standard InChI is InChI=1S/C16H20N4O3/c1-20(8-9-22-2)15-7-5-12(10-18-15)4-6-14-17-11-13(23-3)16(21)19-14/h4-7,10-11H,8-9H2,1-3H3,(H,17,19,21). The molecule has 7 heteroatoms. The van der Waals surface area contributed by atoms with Gasteiger partial charge in [-0.15, -0.1) is 0 Å². The molecule has 0 unspecified atom stereocenters. The molecule has 0 atom stereocenters. The fourth-order valence-corrected chi connectivity index (χ4v) is 1.87. The third-order valence-electron chi connectivity index (χ3n) is 3.23. The molecule has 0 fully saturated rings. The molecule has 2 aromatic heterocycles. The second-order valence-electron chi connectivity index (χ2n) is 4.86. The maximum absolute atomic E-state index is 11.6. The molecule has 122 valence electrons. The minimum absolute atomic E-state index is 0.187. The number of aromatic nitrogens is 3. The number of likely N-dealkylation sites (N-methyl/N-ethyl adjacent to an activating group) is 1. The van der Waals surface area contributed by atoms with E-state index >= 15 is 0 Å². The van der Waals surface area contributed by atoms with Crippen molar-refractivity contribution in [3.63, 3.8) is 0 Å². The lowest BCUT2D eigenvalue weighted by Crippen LogP contribution is -2.22. The molecule has 0 bridgehead atoms. The van der Waals surface area contributed by atoms with Gasteiger partial charge in [-0.3, -0.25) is 4.79 Å². The molecule has 0 radical (unpaired) electrons. The van der Waals surface area contributed by atoms with Gasteiger partial charge < -0.3 is 19.4 Å². The van der Waals surface area contributed by atoms with E-state index in [1.807, 2.05) is 30.2 Å². The van der Waals surface area contributed by atoms with E-state index < -0.39 is 0 Å². The Bertz CT molecular complexity index is 710. The van der Waals surface area contributed by atoms with Crippen LogP contribution in [-0.2, 0) is 4.74 Å². The molecule has 0 aliphatic heterocycles. The van der Waals surface area contributed by atoms with Gasteiger partial charge in [-0.05, 0) is 29.8 Å². The first kappa shape index (κ1) is 16.7. The summed E-state index contributed by atoms with van der Waals surface area (Å²) >= 11 is 0. The Balaban J connectivity index is 2.05. The molecule has 0 aliphatic carbocycles. The topological polar surface area (TPSA) is 80.3 Å². The molecule has 1 N–H and O–H groups in total. The zero-order valence-electron chi connectivity index (χ0n) is 13.4. The SMILES string of the molecule is COCCN(C)c1ccc(C=Cc2ncc(OC)c(=O)[nH]2)cn1. The summed E-state index contributed by atoms with van der Waals surface area (Å²) in [4.78, 5) is 24.7. The molecule has 0 aromatic carbocycles. The maximum Gasteiger partial charge on any atom is 0.293 e. The fraction of sp³-hybridized carbons (Fsp3) is 0.312. The second kappa shape index (κ2) is 8.09. The highest BCUT2D eigenvalue weighted by molar-refractivity contribution is 5.66. The summed E-state index contributed by atoms with van der Waals surface area (Å²) in [5, 5.41) is 0. The van der Waals surface area contributed by atoms with E-state index in [0.29, 0.717) is 12.4 Å². The number of rotatable bonds is 7. The molecule has 2 heterocycles. The monoisotopic (exact) mass is 316 g/mol. The minimum atomic E-state index is -0.310. The van der Waals surface area contributed by atoms with Gasteiger partial charge in [0.05, 0.1) is 19.9 Å². The van der Waals surface area contributed by atoms with Crippen LogP contribution in [0.5, 0.6) is 5.75 Å². The Morgan fingerprint density at radius 2 is 2.04 bits per heavy atom. The van der Waals surface area contributed by atoms with E-state index in [9.17, 15) is 4.79 Å². The Morgan fingerprint density at radius 3 is 2.65 bits per heavy atom. The Hall–Kier alpha value is -2.67. The first-order chi connectivity index (χ1) is 11.1. The van der Waals surface area contributed by atoms with E-state index in [1.165, 1.54) is 13.3 Å². The van der Waals surface area contributed by atoms with Crippen molar-refractivity contribution in [2.45, 2.75) is 0 Å². The van der Waals surface area contributed by atoms with Gasteiger partial charge in [0.15, 0.2) is 0 Å². The predicted octanol–water partition coefficient (Wildman–Crippen LogP) is 1.43. The highest BCUT2D eigenvalue weighted by Gasteiger charge is 2.02. The van der Waals surface area contributed by atoms with Crippen molar-refractivity contribution in [1.82, 2.24) is 15.0 Å². The molecule has 0 aliphatic rings. The second-order valence-corrected chi connectivity index (χ2v) is 4.86. The van der Waals surface area contributed by atoms with Crippen molar-refractivity contribution in [2.75, 3.05) is 39.3 Å². The highest BCUT2D eigenvalue weighted by Crippen LogP contribution is 2.11. The molecule has 0 saturated heterocycles. The molecule has 7 nitrogen and oxygen atoms in total. The summed E-state index contributed by atoms with van der Waals surface area (Å²) in [5.41, 5.74) is 0.600. The number of nitrogens with one attached hydrogen (secondary N) is 1. The average molecular weight is 316 g/mol. The number of ether oxygens (including phenoxy) is 2. The summed E-state index contributed by atoms with van der Waals surface area (Å²) in [5.74, 6) is 1.51. The van der Waals surface area contributed by atoms with Crippen molar-refractivity contribution >= 4 is 18.0 Å². The summed E-state index contributed by atoms with van der Waals surface area (Å²) in [6.07, 6.45) is 6.70. The number of nitrogens with zero attached hydrogens (tertiary/aromatic N) is 3. The summed E-state index contributed by atoms with van der Waals surface area (Å²) in [6.45, 7) is 1.42. The van der Waals surface area contributed by atoms with Crippen LogP contribution >= 0.6 is 0 Å². The third-order valence-corrected chi connectivity index (χ3v) is 3.23. The zero-order valence-corrected chi connectivity index (χ0v) is 13.4. The summed E-state index contributed by atoms with van der Waals surface area (Å²) < 4.78 is 9.92. The van der Waals surface area contributed by atoms with Crippen molar-refractivity contribution < 1.29 is 9.47 Å². The van der Waals surface area contributed by atoms with Gasteiger partial charge in [0.25, 0.3) is 5.56 Å². The van der Waals surface area contributed by atoms with Crippen LogP contribution < -0.4 is 15.2 Å². The molecular weight excluding hydrogens is 296 g/mol. The summed E-state index contributed by atoms with van der Waals surface area (Å²) in [6, 6.07) is 3.88. The first-order valence-corrected chi connectivity index (χ1v) is 7.11. The van der Waals surface area contributed by atoms with E-state index in [0.717, 1.165) is 17.9 Å². The number of H-pyrrole nitrogens is 1. The number of aromatic amines is 1. The van der Waals surface area contributed by atoms with E-state index in [2.05, 4.69) is 15.0 Å². The van der Waals surface area contributed by atoms with Crippen molar-refractivity contribution in [1.29, 1.82) is 0 Å². The van der Waals surface area contributed by atoms with Gasteiger partial charge in [-0.2, -0.15) is 0 Å². The van der Waals surface area contributed by atoms with Gasteiger partial charge in [0.2, 0.25) is 5.75 Å². The normalized spacial score (nSPS) is 10.9. The first-order valence-electron chi connectivity index (χ1n) is 7.11. The lowest BCUT2D eigenvalue weighted by molar-refractivity contribution is 0.206. The molecule has 0 amide bonds. The smallest absolute Gasteiger partial charge is 0.293 e. The van der Waals surface area contributed by atoms with Crippen LogP contribution in [0.2, 0.25) is 0 Å².